The Hall–Kier alpha value is -2.05. The summed E-state index contributed by atoms with van der Waals surface area (Å²) in [5.74, 6) is 0.318. The Balaban J connectivity index is 2.40. The third-order valence-electron chi connectivity index (χ3n) is 2.92. The molecule has 0 spiro atoms. The predicted molar refractivity (Wildman–Crippen MR) is 83.0 cm³/mol. The molecular formula is C15H18N2O3S. The second-order valence-electron chi connectivity index (χ2n) is 4.49. The maximum absolute atomic E-state index is 12.5. The van der Waals surface area contributed by atoms with Crippen LogP contribution in [0.5, 0.6) is 5.75 Å². The summed E-state index contributed by atoms with van der Waals surface area (Å²) in [6, 6.07) is 13.9. The van der Waals surface area contributed by atoms with Gasteiger partial charge >= 0.3 is 0 Å². The molecule has 0 saturated carbocycles. The van der Waals surface area contributed by atoms with Crippen LogP contribution in [0.2, 0.25) is 0 Å². The van der Waals surface area contributed by atoms with E-state index in [2.05, 4.69) is 10.0 Å². The van der Waals surface area contributed by atoms with Crippen LogP contribution in [-0.2, 0) is 16.6 Å². The van der Waals surface area contributed by atoms with Crippen LogP contribution in [-0.4, -0.2) is 22.6 Å². The fraction of sp³-hybridized carbons (Fsp3) is 0.200. The van der Waals surface area contributed by atoms with Crippen molar-refractivity contribution in [3.05, 3.63) is 54.1 Å². The molecule has 0 unspecified atom stereocenters. The standard InChI is InChI=1S/C15H18N2O3S/c1-16-11-12-8-9-14(20-2)15(10-12)21(18,19)17-13-6-4-3-5-7-13/h3-10,16-17H,11H2,1-2H3. The molecule has 0 aliphatic rings. The summed E-state index contributed by atoms with van der Waals surface area (Å²) in [7, 11) is -0.441. The molecule has 0 heterocycles. The first-order valence-electron chi connectivity index (χ1n) is 6.46. The summed E-state index contributed by atoms with van der Waals surface area (Å²) in [4.78, 5) is 0.126. The van der Waals surface area contributed by atoms with E-state index in [9.17, 15) is 8.42 Å². The number of nitrogens with one attached hydrogen (secondary N) is 2. The van der Waals surface area contributed by atoms with Gasteiger partial charge in [-0.3, -0.25) is 4.72 Å². The van der Waals surface area contributed by atoms with Gasteiger partial charge in [-0.1, -0.05) is 24.3 Å². The van der Waals surface area contributed by atoms with Crippen LogP contribution in [0.25, 0.3) is 0 Å². The van der Waals surface area contributed by atoms with Gasteiger partial charge in [0.1, 0.15) is 10.6 Å². The van der Waals surface area contributed by atoms with Crippen LogP contribution in [0.4, 0.5) is 5.69 Å². The van der Waals surface area contributed by atoms with E-state index in [-0.39, 0.29) is 4.90 Å². The minimum absolute atomic E-state index is 0.126. The lowest BCUT2D eigenvalue weighted by atomic mass is 10.2. The van der Waals surface area contributed by atoms with Crippen molar-refractivity contribution in [2.75, 3.05) is 18.9 Å². The average molecular weight is 306 g/mol. The molecule has 0 fully saturated rings. The lowest BCUT2D eigenvalue weighted by molar-refractivity contribution is 0.402. The highest BCUT2D eigenvalue weighted by Gasteiger charge is 2.20. The summed E-state index contributed by atoms with van der Waals surface area (Å²) in [6.45, 7) is 0.581. The van der Waals surface area contributed by atoms with Crippen molar-refractivity contribution in [3.8, 4) is 5.75 Å². The number of hydrogen-bond donors (Lipinski definition) is 2. The lowest BCUT2D eigenvalue weighted by Crippen LogP contribution is -2.15. The molecule has 2 rings (SSSR count). The van der Waals surface area contributed by atoms with Gasteiger partial charge in [0.05, 0.1) is 7.11 Å². The average Bonchev–Trinajstić information content (AvgIpc) is 2.48. The number of anilines is 1. The van der Waals surface area contributed by atoms with Crippen molar-refractivity contribution in [1.82, 2.24) is 5.32 Å². The maximum atomic E-state index is 12.5. The van der Waals surface area contributed by atoms with Gasteiger partial charge in [-0.05, 0) is 36.9 Å². The molecule has 0 aliphatic carbocycles. The van der Waals surface area contributed by atoms with Gasteiger partial charge in [-0.15, -0.1) is 0 Å². The lowest BCUT2D eigenvalue weighted by Gasteiger charge is -2.13. The predicted octanol–water partition coefficient (Wildman–Crippen LogP) is 2.22. The quantitative estimate of drug-likeness (QED) is 0.858. The number of methoxy groups -OCH3 is 1. The highest BCUT2D eigenvalue weighted by atomic mass is 32.2. The Kier molecular flexibility index (Phi) is 4.82. The number of hydrogen-bond acceptors (Lipinski definition) is 4. The van der Waals surface area contributed by atoms with Gasteiger partial charge in [0.2, 0.25) is 0 Å². The summed E-state index contributed by atoms with van der Waals surface area (Å²) in [5, 5.41) is 2.99. The number of ether oxygens (including phenoxy) is 1. The molecule has 0 radical (unpaired) electrons. The zero-order valence-electron chi connectivity index (χ0n) is 12.0. The molecule has 0 saturated heterocycles. The van der Waals surface area contributed by atoms with Crippen molar-refractivity contribution >= 4 is 15.7 Å². The zero-order chi connectivity index (χ0) is 15.3. The van der Waals surface area contributed by atoms with Gasteiger partial charge in [-0.2, -0.15) is 0 Å². The molecule has 0 bridgehead atoms. The highest BCUT2D eigenvalue weighted by molar-refractivity contribution is 7.92. The van der Waals surface area contributed by atoms with Gasteiger partial charge in [0, 0.05) is 12.2 Å². The van der Waals surface area contributed by atoms with Crippen LogP contribution >= 0.6 is 0 Å². The topological polar surface area (TPSA) is 67.4 Å². The SMILES string of the molecule is CNCc1ccc(OC)c(S(=O)(=O)Nc2ccccc2)c1. The Morgan fingerprint density at radius 2 is 1.81 bits per heavy atom. The monoisotopic (exact) mass is 306 g/mol. The largest absolute Gasteiger partial charge is 0.495 e. The van der Waals surface area contributed by atoms with Gasteiger partial charge < -0.3 is 10.1 Å². The van der Waals surface area contributed by atoms with Crippen LogP contribution in [0, 0.1) is 0 Å². The van der Waals surface area contributed by atoms with E-state index >= 15 is 0 Å². The third-order valence-corrected chi connectivity index (χ3v) is 4.33. The Labute approximate surface area is 125 Å². The van der Waals surface area contributed by atoms with Gasteiger partial charge in [0.25, 0.3) is 10.0 Å². The van der Waals surface area contributed by atoms with E-state index in [1.165, 1.54) is 7.11 Å². The Morgan fingerprint density at radius 1 is 1.10 bits per heavy atom. The first kappa shape index (κ1) is 15.3. The van der Waals surface area contributed by atoms with Crippen LogP contribution in [0.15, 0.2) is 53.4 Å². The molecule has 5 nitrogen and oxygen atoms in total. The molecule has 0 amide bonds. The van der Waals surface area contributed by atoms with Crippen molar-refractivity contribution in [1.29, 1.82) is 0 Å². The molecular weight excluding hydrogens is 288 g/mol. The summed E-state index contributed by atoms with van der Waals surface area (Å²) in [6.07, 6.45) is 0. The van der Waals surface area contributed by atoms with Crippen molar-refractivity contribution in [2.45, 2.75) is 11.4 Å². The number of benzene rings is 2. The zero-order valence-corrected chi connectivity index (χ0v) is 12.8. The first-order chi connectivity index (χ1) is 10.1. The highest BCUT2D eigenvalue weighted by Crippen LogP contribution is 2.26. The summed E-state index contributed by atoms with van der Waals surface area (Å²) in [5.41, 5.74) is 1.38. The van der Waals surface area contributed by atoms with Crippen LogP contribution < -0.4 is 14.8 Å². The second kappa shape index (κ2) is 6.60. The molecule has 0 aromatic heterocycles. The number of para-hydroxylation sites is 1. The molecule has 0 aliphatic heterocycles. The van der Waals surface area contributed by atoms with E-state index in [0.29, 0.717) is 18.0 Å². The molecule has 112 valence electrons. The Morgan fingerprint density at radius 3 is 2.43 bits per heavy atom. The van der Waals surface area contributed by atoms with Crippen molar-refractivity contribution < 1.29 is 13.2 Å². The van der Waals surface area contributed by atoms with E-state index in [1.54, 1.807) is 43.4 Å². The van der Waals surface area contributed by atoms with Crippen molar-refractivity contribution in [2.24, 2.45) is 0 Å². The first-order valence-corrected chi connectivity index (χ1v) is 7.94. The van der Waals surface area contributed by atoms with Crippen molar-refractivity contribution in [3.63, 3.8) is 0 Å². The van der Waals surface area contributed by atoms with Gasteiger partial charge in [0.15, 0.2) is 0 Å². The van der Waals surface area contributed by atoms with Crippen LogP contribution in [0.3, 0.4) is 0 Å². The molecule has 21 heavy (non-hydrogen) atoms. The molecule has 2 aromatic rings. The minimum Gasteiger partial charge on any atom is -0.495 e. The third kappa shape index (κ3) is 3.74. The van der Waals surface area contributed by atoms with E-state index in [4.69, 9.17) is 4.74 Å². The second-order valence-corrected chi connectivity index (χ2v) is 6.14. The summed E-state index contributed by atoms with van der Waals surface area (Å²) >= 11 is 0. The normalized spacial score (nSPS) is 11.1. The molecule has 6 heteroatoms. The van der Waals surface area contributed by atoms with E-state index < -0.39 is 10.0 Å². The fourth-order valence-electron chi connectivity index (χ4n) is 1.96. The van der Waals surface area contributed by atoms with E-state index in [1.807, 2.05) is 12.1 Å². The fourth-order valence-corrected chi connectivity index (χ4v) is 3.24. The molecule has 0 atom stereocenters. The minimum atomic E-state index is -3.70. The number of sulfonamides is 1. The van der Waals surface area contributed by atoms with Crippen LogP contribution in [0.1, 0.15) is 5.56 Å². The summed E-state index contributed by atoms with van der Waals surface area (Å²) < 4.78 is 32.8. The number of rotatable bonds is 6. The molecule has 2 aromatic carbocycles. The molecule has 2 N–H and O–H groups in total. The maximum Gasteiger partial charge on any atom is 0.265 e. The smallest absolute Gasteiger partial charge is 0.265 e. The van der Waals surface area contributed by atoms with E-state index in [0.717, 1.165) is 5.56 Å². The Bertz CT molecular complexity index is 700. The van der Waals surface area contributed by atoms with Gasteiger partial charge in [-0.25, -0.2) is 8.42 Å².